The Hall–Kier alpha value is -3.09. The number of nitrogens with one attached hydrogen (secondary N) is 2. The second-order valence-corrected chi connectivity index (χ2v) is 12.0. The molecule has 1 fully saturated rings. The monoisotopic (exact) mass is 608 g/mol. The van der Waals surface area contributed by atoms with Crippen LogP contribution in [0.25, 0.3) is 22.0 Å². The van der Waals surface area contributed by atoms with Crippen molar-refractivity contribution in [2.45, 2.75) is 49.3 Å². The molecule has 3 aromatic carbocycles. The number of nitrogens with zero attached hydrogens (tertiary/aromatic N) is 2. The van der Waals surface area contributed by atoms with Crippen molar-refractivity contribution in [3.05, 3.63) is 75.9 Å². The number of fused-ring (bicyclic) bond motifs is 1. The molecule has 210 valence electrons. The van der Waals surface area contributed by atoms with E-state index in [4.69, 9.17) is 23.2 Å². The Morgan fingerprint density at radius 1 is 1.02 bits per heavy atom. The molecule has 1 aliphatic carbocycles. The van der Waals surface area contributed by atoms with Crippen LogP contribution < -0.4 is 10.0 Å². The van der Waals surface area contributed by atoms with Gasteiger partial charge in [0.1, 0.15) is 10.7 Å². The Bertz CT molecular complexity index is 1700. The summed E-state index contributed by atoms with van der Waals surface area (Å²) in [4.78, 5) is 8.35. The summed E-state index contributed by atoms with van der Waals surface area (Å²) < 4.78 is 58.7. The van der Waals surface area contributed by atoms with Crippen LogP contribution in [0.15, 0.2) is 53.6 Å². The van der Waals surface area contributed by atoms with Crippen molar-refractivity contribution in [3.8, 4) is 11.1 Å². The van der Waals surface area contributed by atoms with Gasteiger partial charge in [-0.1, -0.05) is 29.3 Å². The summed E-state index contributed by atoms with van der Waals surface area (Å²) in [6.45, 7) is -0.565. The number of halogens is 4. The second kappa shape index (κ2) is 11.4. The Balaban J connectivity index is 1.44. The predicted octanol–water partition coefficient (Wildman–Crippen LogP) is 5.89. The van der Waals surface area contributed by atoms with Crippen molar-refractivity contribution in [2.24, 2.45) is 0 Å². The fraction of sp³-hybridized carbons (Fsp3) is 0.259. The lowest BCUT2D eigenvalue weighted by Gasteiger charge is -2.26. The first-order valence-corrected chi connectivity index (χ1v) is 14.6. The summed E-state index contributed by atoms with van der Waals surface area (Å²) in [5.41, 5.74) is -0.184. The average Bonchev–Trinajstić information content (AvgIpc) is 2.92. The maximum Gasteiger partial charge on any atom is 0.263 e. The van der Waals surface area contributed by atoms with Gasteiger partial charge >= 0.3 is 0 Å². The highest BCUT2D eigenvalue weighted by atomic mass is 35.5. The summed E-state index contributed by atoms with van der Waals surface area (Å²) in [6.07, 6.45) is 4.26. The molecule has 1 aromatic heterocycles. The fourth-order valence-electron chi connectivity index (χ4n) is 4.69. The average molecular weight is 609 g/mol. The zero-order valence-electron chi connectivity index (χ0n) is 20.8. The van der Waals surface area contributed by atoms with Gasteiger partial charge in [-0.05, 0) is 73.2 Å². The number of benzene rings is 3. The fourth-order valence-corrected chi connectivity index (χ4v) is 6.67. The lowest BCUT2D eigenvalue weighted by Crippen LogP contribution is -2.28. The standard InChI is InChI=1S/C27H24Cl2F2N4O4S/c28-17-10-16(13-36)25(29)23(11-17)40(38,39)35-22-8-6-20(30)24(26(22)31)14-1-7-21-15(9-14)12-32-27(34-21)33-18-2-4-19(37)5-3-18/h1,6-12,18-19,35-37H,2-5,13H2,(H,32,33,34)/t18-,19-. The molecule has 1 saturated carbocycles. The Labute approximate surface area is 239 Å². The van der Waals surface area contributed by atoms with E-state index in [2.05, 4.69) is 20.0 Å². The van der Waals surface area contributed by atoms with Gasteiger partial charge in [0.15, 0.2) is 5.82 Å². The molecule has 0 bridgehead atoms. The Kier molecular flexibility index (Phi) is 8.12. The molecule has 0 radical (unpaired) electrons. The molecule has 0 saturated heterocycles. The van der Waals surface area contributed by atoms with E-state index in [1.54, 1.807) is 6.07 Å². The quantitative estimate of drug-likeness (QED) is 0.206. The highest BCUT2D eigenvalue weighted by Gasteiger charge is 2.25. The summed E-state index contributed by atoms with van der Waals surface area (Å²) in [5, 5.41) is 22.7. The molecule has 4 aromatic rings. The molecule has 0 atom stereocenters. The summed E-state index contributed by atoms with van der Waals surface area (Å²) in [6, 6.07) is 9.02. The first-order chi connectivity index (χ1) is 19.1. The number of sulfonamides is 1. The third-order valence-electron chi connectivity index (χ3n) is 6.77. The third kappa shape index (κ3) is 5.84. The molecule has 0 unspecified atom stereocenters. The number of hydrogen-bond acceptors (Lipinski definition) is 7. The lowest BCUT2D eigenvalue weighted by molar-refractivity contribution is 0.126. The predicted molar refractivity (Wildman–Crippen MR) is 150 cm³/mol. The van der Waals surface area contributed by atoms with Gasteiger partial charge in [0, 0.05) is 22.6 Å². The van der Waals surface area contributed by atoms with E-state index in [1.165, 1.54) is 24.4 Å². The van der Waals surface area contributed by atoms with Gasteiger partial charge in [-0.2, -0.15) is 0 Å². The van der Waals surface area contributed by atoms with Gasteiger partial charge in [-0.3, -0.25) is 4.72 Å². The van der Waals surface area contributed by atoms with Crippen molar-refractivity contribution >= 4 is 55.8 Å². The molecule has 13 heteroatoms. The van der Waals surface area contributed by atoms with Crippen LogP contribution in [-0.4, -0.2) is 40.7 Å². The normalized spacial score (nSPS) is 17.6. The molecular formula is C27H24Cl2F2N4O4S. The minimum Gasteiger partial charge on any atom is -0.393 e. The van der Waals surface area contributed by atoms with Crippen LogP contribution in [0.2, 0.25) is 10.0 Å². The van der Waals surface area contributed by atoms with E-state index < -0.39 is 44.4 Å². The molecule has 1 aliphatic rings. The third-order valence-corrected chi connectivity index (χ3v) is 8.94. The van der Waals surface area contributed by atoms with Gasteiger partial charge in [0.05, 0.1) is 34.5 Å². The molecular weight excluding hydrogens is 585 g/mol. The molecule has 0 amide bonds. The minimum absolute atomic E-state index is 0.00312. The van der Waals surface area contributed by atoms with E-state index in [-0.39, 0.29) is 33.3 Å². The van der Waals surface area contributed by atoms with Crippen LogP contribution in [0, 0.1) is 11.6 Å². The number of aromatic nitrogens is 2. The summed E-state index contributed by atoms with van der Waals surface area (Å²) in [5.74, 6) is -1.62. The molecule has 0 aliphatic heterocycles. The van der Waals surface area contributed by atoms with E-state index in [0.717, 1.165) is 31.0 Å². The van der Waals surface area contributed by atoms with Crippen molar-refractivity contribution < 1.29 is 27.4 Å². The van der Waals surface area contributed by atoms with Crippen LogP contribution in [0.4, 0.5) is 20.4 Å². The Morgan fingerprint density at radius 2 is 1.77 bits per heavy atom. The van der Waals surface area contributed by atoms with Crippen molar-refractivity contribution in [1.29, 1.82) is 0 Å². The number of aliphatic hydroxyl groups excluding tert-OH is 2. The molecule has 1 heterocycles. The van der Waals surface area contributed by atoms with Crippen LogP contribution in [0.5, 0.6) is 0 Å². The van der Waals surface area contributed by atoms with Gasteiger partial charge in [0.25, 0.3) is 10.0 Å². The van der Waals surface area contributed by atoms with E-state index >= 15 is 4.39 Å². The first-order valence-electron chi connectivity index (χ1n) is 12.4. The van der Waals surface area contributed by atoms with E-state index in [0.29, 0.717) is 29.7 Å². The molecule has 0 spiro atoms. The number of hydrogen-bond donors (Lipinski definition) is 4. The smallest absolute Gasteiger partial charge is 0.263 e. The highest BCUT2D eigenvalue weighted by molar-refractivity contribution is 7.92. The van der Waals surface area contributed by atoms with Crippen molar-refractivity contribution in [3.63, 3.8) is 0 Å². The van der Waals surface area contributed by atoms with Crippen molar-refractivity contribution in [2.75, 3.05) is 10.0 Å². The zero-order valence-corrected chi connectivity index (χ0v) is 23.2. The van der Waals surface area contributed by atoms with E-state index in [9.17, 15) is 23.0 Å². The SMILES string of the molecule is O=S(=O)(Nc1ccc(F)c(-c2ccc3nc(N[C@H]4CC[C@H](O)CC4)ncc3c2)c1F)c1cc(Cl)cc(CO)c1Cl. The highest BCUT2D eigenvalue weighted by Crippen LogP contribution is 2.35. The van der Waals surface area contributed by atoms with Gasteiger partial charge in [-0.15, -0.1) is 0 Å². The first kappa shape index (κ1) is 28.4. The van der Waals surface area contributed by atoms with Gasteiger partial charge < -0.3 is 15.5 Å². The minimum atomic E-state index is -4.47. The number of anilines is 2. The van der Waals surface area contributed by atoms with Crippen LogP contribution >= 0.6 is 23.2 Å². The van der Waals surface area contributed by atoms with Crippen LogP contribution in [0.1, 0.15) is 31.2 Å². The van der Waals surface area contributed by atoms with E-state index in [1.807, 2.05) is 0 Å². The molecule has 5 rings (SSSR count). The summed E-state index contributed by atoms with van der Waals surface area (Å²) >= 11 is 12.1. The molecule has 40 heavy (non-hydrogen) atoms. The number of rotatable bonds is 7. The molecule has 8 nitrogen and oxygen atoms in total. The van der Waals surface area contributed by atoms with Gasteiger partial charge in [0.2, 0.25) is 5.95 Å². The maximum atomic E-state index is 15.6. The second-order valence-electron chi connectivity index (χ2n) is 9.54. The van der Waals surface area contributed by atoms with Crippen molar-refractivity contribution in [1.82, 2.24) is 9.97 Å². The number of aliphatic hydroxyl groups is 2. The zero-order chi connectivity index (χ0) is 28.6. The lowest BCUT2D eigenvalue weighted by atomic mass is 9.93. The van der Waals surface area contributed by atoms with Crippen LogP contribution in [0.3, 0.4) is 0 Å². The molecule has 4 N–H and O–H groups in total. The summed E-state index contributed by atoms with van der Waals surface area (Å²) in [7, 11) is -4.47. The topological polar surface area (TPSA) is 124 Å². The van der Waals surface area contributed by atoms with Crippen LogP contribution in [-0.2, 0) is 16.6 Å². The Morgan fingerprint density at radius 3 is 2.50 bits per heavy atom. The largest absolute Gasteiger partial charge is 0.393 e. The maximum absolute atomic E-state index is 15.6. The van der Waals surface area contributed by atoms with Gasteiger partial charge in [-0.25, -0.2) is 27.2 Å².